The van der Waals surface area contributed by atoms with Gasteiger partial charge in [-0.1, -0.05) is 42.0 Å². The lowest BCUT2D eigenvalue weighted by molar-refractivity contribution is -0.118. The fraction of sp³-hybridized carbons (Fsp3) is 0.200. The minimum Gasteiger partial charge on any atom is -0.484 e. The Hall–Kier alpha value is -3.60. The van der Waals surface area contributed by atoms with Crippen LogP contribution in [0.25, 0.3) is 11.1 Å². The highest BCUT2D eigenvalue weighted by Crippen LogP contribution is 2.22. The second kappa shape index (κ2) is 9.74. The first-order chi connectivity index (χ1) is 14.4. The zero-order chi connectivity index (χ0) is 21.5. The maximum atomic E-state index is 12.1. The molecule has 0 fully saturated rings. The van der Waals surface area contributed by atoms with E-state index in [0.717, 1.165) is 11.1 Å². The van der Waals surface area contributed by atoms with Crippen LogP contribution in [0.3, 0.4) is 0 Å². The molecule has 1 N–H and O–H groups in total. The van der Waals surface area contributed by atoms with Gasteiger partial charge in [0, 0.05) is 5.69 Å². The summed E-state index contributed by atoms with van der Waals surface area (Å²) in [6.07, 6.45) is -0.181. The lowest BCUT2D eigenvalue weighted by Gasteiger charge is -2.10. The summed E-state index contributed by atoms with van der Waals surface area (Å²) >= 11 is 0. The Balaban J connectivity index is 1.50. The van der Waals surface area contributed by atoms with Crippen LogP contribution in [0.1, 0.15) is 29.8 Å². The van der Waals surface area contributed by atoms with E-state index in [1.807, 2.05) is 24.3 Å². The van der Waals surface area contributed by atoms with Crippen LogP contribution in [0.4, 0.5) is 5.69 Å². The molecular formula is C25H25NO4. The van der Waals surface area contributed by atoms with Crippen molar-refractivity contribution in [2.24, 2.45) is 0 Å². The van der Waals surface area contributed by atoms with Crippen LogP contribution < -0.4 is 10.1 Å². The zero-order valence-corrected chi connectivity index (χ0v) is 17.3. The molecule has 0 aliphatic carbocycles. The topological polar surface area (TPSA) is 64.6 Å². The average Bonchev–Trinajstić information content (AvgIpc) is 2.73. The van der Waals surface area contributed by atoms with Crippen LogP contribution in [0, 0.1) is 6.92 Å². The molecule has 0 spiro atoms. The average molecular weight is 403 g/mol. The molecule has 0 bridgehead atoms. The molecule has 0 radical (unpaired) electrons. The van der Waals surface area contributed by atoms with Crippen molar-refractivity contribution < 1.29 is 19.1 Å². The number of carbonyl (C=O) groups excluding carboxylic acids is 2. The Morgan fingerprint density at radius 3 is 1.97 bits per heavy atom. The molecule has 0 aromatic heterocycles. The van der Waals surface area contributed by atoms with Crippen LogP contribution in [0.15, 0.2) is 72.8 Å². The smallest absolute Gasteiger partial charge is 0.338 e. The molecule has 1 amide bonds. The number of ether oxygens (including phenoxy) is 2. The number of aryl methyl sites for hydroxylation is 1. The first-order valence-corrected chi connectivity index (χ1v) is 9.81. The predicted octanol–water partition coefficient (Wildman–Crippen LogP) is 5.24. The molecular weight excluding hydrogens is 378 g/mol. The van der Waals surface area contributed by atoms with Gasteiger partial charge in [0.2, 0.25) is 0 Å². The third-order valence-electron chi connectivity index (χ3n) is 4.36. The van der Waals surface area contributed by atoms with Gasteiger partial charge >= 0.3 is 5.97 Å². The lowest BCUT2D eigenvalue weighted by atomic mass is 10.0. The number of amides is 1. The van der Waals surface area contributed by atoms with Crippen molar-refractivity contribution in [1.29, 1.82) is 0 Å². The molecule has 0 aliphatic heterocycles. The largest absolute Gasteiger partial charge is 0.484 e. The number of hydrogen-bond acceptors (Lipinski definition) is 4. The molecule has 0 atom stereocenters. The summed E-state index contributed by atoms with van der Waals surface area (Å²) in [4.78, 5) is 24.0. The van der Waals surface area contributed by atoms with Crippen molar-refractivity contribution in [2.45, 2.75) is 26.9 Å². The standard InChI is InChI=1S/C25H25NO4/c1-17(2)30-25(28)21-8-12-22(13-9-21)26-24(27)16-29-23-14-10-20(11-15-23)19-6-4-18(3)5-7-19/h4-15,17H,16H2,1-3H3,(H,26,27). The van der Waals surface area contributed by atoms with E-state index in [1.165, 1.54) is 5.56 Å². The van der Waals surface area contributed by atoms with Crippen molar-refractivity contribution in [1.82, 2.24) is 0 Å². The highest BCUT2D eigenvalue weighted by Gasteiger charge is 2.10. The first-order valence-electron chi connectivity index (χ1n) is 9.81. The number of hydrogen-bond donors (Lipinski definition) is 1. The van der Waals surface area contributed by atoms with E-state index >= 15 is 0 Å². The van der Waals surface area contributed by atoms with Crippen molar-refractivity contribution in [3.63, 3.8) is 0 Å². The zero-order valence-electron chi connectivity index (χ0n) is 17.3. The van der Waals surface area contributed by atoms with Gasteiger partial charge < -0.3 is 14.8 Å². The third-order valence-corrected chi connectivity index (χ3v) is 4.36. The van der Waals surface area contributed by atoms with E-state index in [9.17, 15) is 9.59 Å². The number of benzene rings is 3. The molecule has 0 heterocycles. The van der Waals surface area contributed by atoms with Gasteiger partial charge in [-0.05, 0) is 68.3 Å². The van der Waals surface area contributed by atoms with Gasteiger partial charge in [-0.2, -0.15) is 0 Å². The second-order valence-electron chi connectivity index (χ2n) is 7.26. The minimum absolute atomic E-state index is 0.110. The molecule has 0 saturated carbocycles. The Morgan fingerprint density at radius 1 is 0.833 bits per heavy atom. The van der Waals surface area contributed by atoms with Gasteiger partial charge in [0.15, 0.2) is 6.61 Å². The van der Waals surface area contributed by atoms with E-state index < -0.39 is 0 Å². The van der Waals surface area contributed by atoms with Crippen molar-refractivity contribution >= 4 is 17.6 Å². The molecule has 3 aromatic carbocycles. The number of nitrogens with one attached hydrogen (secondary N) is 1. The van der Waals surface area contributed by atoms with E-state index in [2.05, 4.69) is 36.5 Å². The summed E-state index contributed by atoms with van der Waals surface area (Å²) in [7, 11) is 0. The van der Waals surface area contributed by atoms with E-state index in [4.69, 9.17) is 9.47 Å². The fourth-order valence-electron chi connectivity index (χ4n) is 2.81. The Morgan fingerprint density at radius 2 is 1.40 bits per heavy atom. The quantitative estimate of drug-likeness (QED) is 0.548. The van der Waals surface area contributed by atoms with E-state index in [-0.39, 0.29) is 24.6 Å². The Labute approximate surface area is 176 Å². The SMILES string of the molecule is Cc1ccc(-c2ccc(OCC(=O)Nc3ccc(C(=O)OC(C)C)cc3)cc2)cc1. The van der Waals surface area contributed by atoms with E-state index in [0.29, 0.717) is 17.0 Å². The molecule has 3 aromatic rings. The molecule has 5 nitrogen and oxygen atoms in total. The number of carbonyl (C=O) groups is 2. The maximum absolute atomic E-state index is 12.1. The Bertz CT molecular complexity index is 991. The molecule has 0 saturated heterocycles. The van der Waals surface area contributed by atoms with Crippen LogP contribution in [-0.4, -0.2) is 24.6 Å². The number of esters is 1. The predicted molar refractivity (Wildman–Crippen MR) is 118 cm³/mol. The summed E-state index contributed by atoms with van der Waals surface area (Å²) < 4.78 is 10.7. The van der Waals surface area contributed by atoms with Crippen molar-refractivity contribution in [3.8, 4) is 16.9 Å². The summed E-state index contributed by atoms with van der Waals surface area (Å²) in [5.74, 6) is -0.0526. The molecule has 5 heteroatoms. The molecule has 0 aliphatic rings. The van der Waals surface area contributed by atoms with Crippen molar-refractivity contribution in [2.75, 3.05) is 11.9 Å². The third kappa shape index (κ3) is 5.95. The first kappa shape index (κ1) is 21.1. The van der Waals surface area contributed by atoms with Crippen LogP contribution in [0.5, 0.6) is 5.75 Å². The fourth-order valence-corrected chi connectivity index (χ4v) is 2.81. The van der Waals surface area contributed by atoms with Gasteiger partial charge in [0.05, 0.1) is 11.7 Å². The van der Waals surface area contributed by atoms with Gasteiger partial charge in [0.25, 0.3) is 5.91 Å². The number of rotatable bonds is 7. The lowest BCUT2D eigenvalue weighted by Crippen LogP contribution is -2.20. The van der Waals surface area contributed by atoms with Gasteiger partial charge in [-0.25, -0.2) is 4.79 Å². The number of anilines is 1. The summed E-state index contributed by atoms with van der Waals surface area (Å²) in [5.41, 5.74) is 4.45. The van der Waals surface area contributed by atoms with Crippen LogP contribution >= 0.6 is 0 Å². The summed E-state index contributed by atoms with van der Waals surface area (Å²) in [6.45, 7) is 5.53. The molecule has 30 heavy (non-hydrogen) atoms. The normalized spacial score (nSPS) is 10.5. The molecule has 0 unspecified atom stereocenters. The van der Waals surface area contributed by atoms with Gasteiger partial charge in [-0.15, -0.1) is 0 Å². The summed E-state index contributed by atoms with van der Waals surface area (Å²) in [5, 5.41) is 2.75. The molecule has 3 rings (SSSR count). The van der Waals surface area contributed by atoms with Gasteiger partial charge in [-0.3, -0.25) is 4.79 Å². The second-order valence-corrected chi connectivity index (χ2v) is 7.26. The van der Waals surface area contributed by atoms with Gasteiger partial charge in [0.1, 0.15) is 5.75 Å². The van der Waals surface area contributed by atoms with E-state index in [1.54, 1.807) is 38.1 Å². The summed E-state index contributed by atoms with van der Waals surface area (Å²) in [6, 6.07) is 22.5. The van der Waals surface area contributed by atoms with Crippen LogP contribution in [-0.2, 0) is 9.53 Å². The highest BCUT2D eigenvalue weighted by atomic mass is 16.5. The highest BCUT2D eigenvalue weighted by molar-refractivity contribution is 5.93. The molecule has 154 valence electrons. The van der Waals surface area contributed by atoms with Crippen molar-refractivity contribution in [3.05, 3.63) is 83.9 Å². The monoisotopic (exact) mass is 403 g/mol. The van der Waals surface area contributed by atoms with Crippen LogP contribution in [0.2, 0.25) is 0 Å². The maximum Gasteiger partial charge on any atom is 0.338 e. The Kier molecular flexibility index (Phi) is 6.86. The minimum atomic E-state index is -0.389.